The van der Waals surface area contributed by atoms with E-state index in [1.807, 2.05) is 55.5 Å². The summed E-state index contributed by atoms with van der Waals surface area (Å²) in [5.74, 6) is 0. The molecule has 0 atom stereocenters. The largest absolute Gasteiger partial charge is 0.508 e. The molecule has 0 amide bonds. The van der Waals surface area contributed by atoms with Crippen LogP contribution in [-0.2, 0) is 10.6 Å². The maximum atomic E-state index is 9.76. The van der Waals surface area contributed by atoms with Crippen LogP contribution in [0.25, 0.3) is 11.1 Å². The highest BCUT2D eigenvalue weighted by atomic mass is 35.5. The Hall–Kier alpha value is -1.29. The minimum Gasteiger partial charge on any atom is -0.422 e. The van der Waals surface area contributed by atoms with Gasteiger partial charge in [-0.2, -0.15) is 0 Å². The average Bonchev–Trinajstić information content (AvgIpc) is 2.46. The van der Waals surface area contributed by atoms with Crippen LogP contribution in [0.1, 0.15) is 12.5 Å². The number of hydrogen-bond acceptors (Lipinski definition) is 2. The van der Waals surface area contributed by atoms with E-state index in [1.54, 1.807) is 0 Å². The van der Waals surface area contributed by atoms with E-state index in [2.05, 4.69) is 4.21 Å². The molecular formula is C14H14BClO2. The maximum Gasteiger partial charge on any atom is 0.508 e. The molecule has 2 aromatic carbocycles. The molecule has 0 saturated heterocycles. The second kappa shape index (κ2) is 6.05. The molecule has 1 N–H and O–H groups in total. The molecule has 0 bridgehead atoms. The van der Waals surface area contributed by atoms with Crippen LogP contribution in [0.3, 0.4) is 0 Å². The fourth-order valence-corrected chi connectivity index (χ4v) is 2.10. The van der Waals surface area contributed by atoms with Gasteiger partial charge in [0.15, 0.2) is 0 Å². The molecule has 2 rings (SSSR count). The van der Waals surface area contributed by atoms with Crippen LogP contribution in [-0.4, -0.2) is 12.1 Å². The topological polar surface area (TPSA) is 29.5 Å². The van der Waals surface area contributed by atoms with Gasteiger partial charge in [0.1, 0.15) is 0 Å². The van der Waals surface area contributed by atoms with Gasteiger partial charge in [0.2, 0.25) is 0 Å². The Labute approximate surface area is 112 Å². The monoisotopic (exact) mass is 260 g/mol. The Morgan fingerprint density at radius 2 is 1.83 bits per heavy atom. The molecule has 0 fully saturated rings. The lowest BCUT2D eigenvalue weighted by atomic mass is 9.75. The van der Waals surface area contributed by atoms with Gasteiger partial charge in [-0.05, 0) is 28.6 Å². The van der Waals surface area contributed by atoms with E-state index in [0.29, 0.717) is 5.46 Å². The van der Waals surface area contributed by atoms with Crippen LogP contribution in [0.4, 0.5) is 0 Å². The van der Waals surface area contributed by atoms with Crippen molar-refractivity contribution in [2.75, 3.05) is 0 Å². The van der Waals surface area contributed by atoms with Gasteiger partial charge in [-0.1, -0.05) is 55.5 Å². The molecule has 4 heteroatoms. The second-order valence-electron chi connectivity index (χ2n) is 4.07. The third kappa shape index (κ3) is 2.75. The molecule has 0 heterocycles. The summed E-state index contributed by atoms with van der Waals surface area (Å²) in [6.45, 7) is 2.03. The van der Waals surface area contributed by atoms with E-state index in [1.165, 1.54) is 0 Å². The molecule has 18 heavy (non-hydrogen) atoms. The first-order valence-electron chi connectivity index (χ1n) is 5.90. The Balaban J connectivity index is 2.46. The first-order valence-corrected chi connectivity index (χ1v) is 6.20. The van der Waals surface area contributed by atoms with E-state index in [-0.39, 0.29) is 0 Å². The Morgan fingerprint density at radius 3 is 2.44 bits per heavy atom. The predicted octanol–water partition coefficient (Wildman–Crippen LogP) is 2.77. The Bertz CT molecular complexity index is 516. The smallest absolute Gasteiger partial charge is 0.422 e. The summed E-state index contributed by atoms with van der Waals surface area (Å²) in [5.41, 5.74) is 3.88. The van der Waals surface area contributed by atoms with Crippen LogP contribution < -0.4 is 5.46 Å². The molecule has 0 spiro atoms. The van der Waals surface area contributed by atoms with Gasteiger partial charge in [0, 0.05) is 11.9 Å². The van der Waals surface area contributed by atoms with Gasteiger partial charge in [-0.25, -0.2) is 0 Å². The van der Waals surface area contributed by atoms with Crippen LogP contribution in [0.2, 0.25) is 0 Å². The van der Waals surface area contributed by atoms with Crippen molar-refractivity contribution in [3.05, 3.63) is 54.1 Å². The molecular weight excluding hydrogens is 246 g/mol. The zero-order valence-electron chi connectivity index (χ0n) is 10.1. The van der Waals surface area contributed by atoms with Crippen molar-refractivity contribution in [2.24, 2.45) is 0 Å². The van der Waals surface area contributed by atoms with Crippen molar-refractivity contribution in [3.63, 3.8) is 0 Å². The zero-order chi connectivity index (χ0) is 13.0. The Morgan fingerprint density at radius 1 is 1.11 bits per heavy atom. The number of aryl methyl sites for hydroxylation is 1. The van der Waals surface area contributed by atoms with Crippen LogP contribution >= 0.6 is 11.9 Å². The second-order valence-corrected chi connectivity index (χ2v) is 4.25. The first-order chi connectivity index (χ1) is 8.76. The van der Waals surface area contributed by atoms with E-state index in [0.717, 1.165) is 23.1 Å². The molecule has 2 aromatic rings. The van der Waals surface area contributed by atoms with Gasteiger partial charge >= 0.3 is 7.12 Å². The summed E-state index contributed by atoms with van der Waals surface area (Å²) in [6.07, 6.45) is 0.821. The molecule has 0 saturated carbocycles. The fraction of sp³-hybridized carbons (Fsp3) is 0.143. The molecule has 0 aliphatic carbocycles. The molecule has 92 valence electrons. The van der Waals surface area contributed by atoms with Crippen molar-refractivity contribution in [3.8, 4) is 11.1 Å². The minimum absolute atomic E-state index is 0.717. The lowest BCUT2D eigenvalue weighted by Gasteiger charge is -2.11. The Kier molecular flexibility index (Phi) is 4.42. The lowest BCUT2D eigenvalue weighted by Crippen LogP contribution is -2.33. The SMILES string of the molecule is CCc1ccc(-c2ccccc2)cc1B(O)OCl. The van der Waals surface area contributed by atoms with Gasteiger partial charge in [0.05, 0.1) is 0 Å². The average molecular weight is 261 g/mol. The zero-order valence-corrected chi connectivity index (χ0v) is 10.9. The third-order valence-electron chi connectivity index (χ3n) is 2.98. The molecule has 0 radical (unpaired) electrons. The molecule has 0 aliphatic rings. The first kappa shape index (κ1) is 13.2. The highest BCUT2D eigenvalue weighted by Gasteiger charge is 2.20. The summed E-state index contributed by atoms with van der Waals surface area (Å²) in [5, 5.41) is 9.76. The molecule has 2 nitrogen and oxygen atoms in total. The summed E-state index contributed by atoms with van der Waals surface area (Å²) in [7, 11) is -1.09. The van der Waals surface area contributed by atoms with Crippen LogP contribution in [0.5, 0.6) is 0 Å². The predicted molar refractivity (Wildman–Crippen MR) is 75.8 cm³/mol. The minimum atomic E-state index is -1.09. The number of halogens is 1. The fourth-order valence-electron chi connectivity index (χ4n) is 2.00. The van der Waals surface area contributed by atoms with Gasteiger partial charge in [-0.15, -0.1) is 0 Å². The molecule has 0 unspecified atom stereocenters. The van der Waals surface area contributed by atoms with Gasteiger partial charge in [0.25, 0.3) is 0 Å². The molecule has 0 aromatic heterocycles. The highest BCUT2D eigenvalue weighted by Crippen LogP contribution is 2.19. The standard InChI is InChI=1S/C14H14BClO2/c1-2-11-8-9-13(10-14(11)15(17)18-16)12-6-4-3-5-7-12/h3-10,17H,2H2,1H3. The number of hydrogen-bond donors (Lipinski definition) is 1. The quantitative estimate of drug-likeness (QED) is 0.857. The summed E-state index contributed by atoms with van der Waals surface area (Å²) < 4.78 is 4.50. The lowest BCUT2D eigenvalue weighted by molar-refractivity contribution is 0.457. The van der Waals surface area contributed by atoms with Gasteiger partial charge in [-0.3, -0.25) is 0 Å². The van der Waals surface area contributed by atoms with Crippen LogP contribution in [0.15, 0.2) is 48.5 Å². The van der Waals surface area contributed by atoms with Crippen molar-refractivity contribution in [2.45, 2.75) is 13.3 Å². The summed E-state index contributed by atoms with van der Waals surface area (Å²) in [6, 6.07) is 15.9. The summed E-state index contributed by atoms with van der Waals surface area (Å²) in [4.78, 5) is 0. The van der Waals surface area contributed by atoms with E-state index >= 15 is 0 Å². The molecule has 0 aliphatic heterocycles. The van der Waals surface area contributed by atoms with Crippen molar-refractivity contribution >= 4 is 24.4 Å². The van der Waals surface area contributed by atoms with Crippen molar-refractivity contribution < 1.29 is 9.23 Å². The van der Waals surface area contributed by atoms with E-state index in [4.69, 9.17) is 11.9 Å². The van der Waals surface area contributed by atoms with E-state index < -0.39 is 7.12 Å². The van der Waals surface area contributed by atoms with Crippen molar-refractivity contribution in [1.82, 2.24) is 0 Å². The van der Waals surface area contributed by atoms with Crippen LogP contribution in [0, 0.1) is 0 Å². The van der Waals surface area contributed by atoms with Crippen molar-refractivity contribution in [1.29, 1.82) is 0 Å². The highest BCUT2D eigenvalue weighted by molar-refractivity contribution is 6.64. The number of rotatable bonds is 4. The third-order valence-corrected chi connectivity index (χ3v) is 3.15. The normalized spacial score (nSPS) is 10.4. The summed E-state index contributed by atoms with van der Waals surface area (Å²) >= 11 is 5.26. The van der Waals surface area contributed by atoms with E-state index in [9.17, 15) is 5.02 Å². The van der Waals surface area contributed by atoms with Gasteiger partial charge < -0.3 is 9.23 Å². The number of benzene rings is 2. The maximum absolute atomic E-state index is 9.76.